The molecule has 7 nitrogen and oxygen atoms in total. The molecule has 0 aromatic carbocycles. The quantitative estimate of drug-likeness (QED) is 0.561. The molecule has 0 atom stereocenters. The van der Waals surface area contributed by atoms with Crippen molar-refractivity contribution in [2.24, 2.45) is 5.73 Å². The van der Waals surface area contributed by atoms with E-state index < -0.39 is 0 Å². The molecule has 0 unspecified atom stereocenters. The van der Waals surface area contributed by atoms with Gasteiger partial charge in [0.15, 0.2) is 5.82 Å². The summed E-state index contributed by atoms with van der Waals surface area (Å²) in [6.07, 6.45) is 1.48. The number of hydrogen-bond acceptors (Lipinski definition) is 5. The smallest absolute Gasteiger partial charge is 0.241 e. The van der Waals surface area contributed by atoms with Gasteiger partial charge in [0.25, 0.3) is 0 Å². The first-order chi connectivity index (χ1) is 7.26. The fourth-order valence-electron chi connectivity index (χ4n) is 0.998. The molecular formula is C8H15N5O2. The molecule has 1 aromatic rings. The zero-order chi connectivity index (χ0) is 11.1. The third-order valence-electron chi connectivity index (χ3n) is 1.70. The van der Waals surface area contributed by atoms with Crippen LogP contribution in [0.2, 0.25) is 0 Å². The van der Waals surface area contributed by atoms with E-state index in [2.05, 4.69) is 15.4 Å². The molecule has 0 aliphatic carbocycles. The maximum absolute atomic E-state index is 11.3. The average Bonchev–Trinajstić information content (AvgIpc) is 2.66. The lowest BCUT2D eigenvalue weighted by Gasteiger charge is -2.03. The molecule has 1 heterocycles. The van der Waals surface area contributed by atoms with Gasteiger partial charge in [-0.2, -0.15) is 5.10 Å². The molecule has 1 rings (SSSR count). The van der Waals surface area contributed by atoms with E-state index in [4.69, 9.17) is 10.5 Å². The van der Waals surface area contributed by atoms with Crippen LogP contribution in [0.1, 0.15) is 5.82 Å². The standard InChI is InChI=1S/C8H15N5O2/c1-15-3-2-10-8(14)5-13-6-11-7(4-9)12-13/h6H,2-5,9H2,1H3,(H,10,14). The van der Waals surface area contributed by atoms with Crippen molar-refractivity contribution < 1.29 is 9.53 Å². The van der Waals surface area contributed by atoms with Crippen LogP contribution in [0.5, 0.6) is 0 Å². The van der Waals surface area contributed by atoms with Gasteiger partial charge in [-0.25, -0.2) is 9.67 Å². The van der Waals surface area contributed by atoms with Crippen molar-refractivity contribution in [3.63, 3.8) is 0 Å². The van der Waals surface area contributed by atoms with Gasteiger partial charge in [-0.05, 0) is 0 Å². The molecule has 15 heavy (non-hydrogen) atoms. The number of methoxy groups -OCH3 is 1. The van der Waals surface area contributed by atoms with Crippen LogP contribution < -0.4 is 11.1 Å². The second-order valence-corrected chi connectivity index (χ2v) is 2.91. The van der Waals surface area contributed by atoms with Crippen LogP contribution in [0.15, 0.2) is 6.33 Å². The van der Waals surface area contributed by atoms with Crippen LogP contribution >= 0.6 is 0 Å². The van der Waals surface area contributed by atoms with Gasteiger partial charge in [-0.1, -0.05) is 0 Å². The summed E-state index contributed by atoms with van der Waals surface area (Å²) in [5.74, 6) is 0.403. The van der Waals surface area contributed by atoms with Crippen LogP contribution in [-0.2, 0) is 22.6 Å². The highest BCUT2D eigenvalue weighted by atomic mass is 16.5. The summed E-state index contributed by atoms with van der Waals surface area (Å²) in [7, 11) is 1.58. The van der Waals surface area contributed by atoms with Crippen LogP contribution in [-0.4, -0.2) is 40.9 Å². The molecule has 0 aliphatic rings. The highest BCUT2D eigenvalue weighted by Crippen LogP contribution is 1.87. The highest BCUT2D eigenvalue weighted by Gasteiger charge is 2.04. The van der Waals surface area contributed by atoms with Gasteiger partial charge < -0.3 is 15.8 Å². The van der Waals surface area contributed by atoms with Gasteiger partial charge in [-0.3, -0.25) is 4.79 Å². The Morgan fingerprint density at radius 2 is 2.53 bits per heavy atom. The number of nitrogens with zero attached hydrogens (tertiary/aromatic N) is 3. The predicted molar refractivity (Wildman–Crippen MR) is 52.8 cm³/mol. The van der Waals surface area contributed by atoms with Crippen molar-refractivity contribution in [2.45, 2.75) is 13.1 Å². The van der Waals surface area contributed by atoms with Crippen LogP contribution in [0.25, 0.3) is 0 Å². The number of amides is 1. The minimum atomic E-state index is -0.125. The summed E-state index contributed by atoms with van der Waals surface area (Å²) in [4.78, 5) is 15.2. The largest absolute Gasteiger partial charge is 0.383 e. The van der Waals surface area contributed by atoms with Gasteiger partial charge in [-0.15, -0.1) is 0 Å². The van der Waals surface area contributed by atoms with Crippen LogP contribution in [0.4, 0.5) is 0 Å². The van der Waals surface area contributed by atoms with E-state index in [-0.39, 0.29) is 19.0 Å². The Bertz CT molecular complexity index is 312. The lowest BCUT2D eigenvalue weighted by Crippen LogP contribution is -2.30. The number of nitrogens with one attached hydrogen (secondary N) is 1. The molecule has 0 bridgehead atoms. The number of carbonyl (C=O) groups is 1. The first-order valence-electron chi connectivity index (χ1n) is 4.60. The fourth-order valence-corrected chi connectivity index (χ4v) is 0.998. The van der Waals surface area contributed by atoms with Gasteiger partial charge in [0.1, 0.15) is 12.9 Å². The molecular weight excluding hydrogens is 198 g/mol. The third kappa shape index (κ3) is 4.05. The minimum Gasteiger partial charge on any atom is -0.383 e. The van der Waals surface area contributed by atoms with E-state index >= 15 is 0 Å². The van der Waals surface area contributed by atoms with E-state index in [1.807, 2.05) is 0 Å². The Hall–Kier alpha value is -1.47. The van der Waals surface area contributed by atoms with E-state index in [0.717, 1.165) is 0 Å². The van der Waals surface area contributed by atoms with Crippen molar-refractivity contribution in [3.8, 4) is 0 Å². The molecule has 0 radical (unpaired) electrons. The summed E-state index contributed by atoms with van der Waals surface area (Å²) in [6.45, 7) is 1.42. The molecule has 0 spiro atoms. The molecule has 3 N–H and O–H groups in total. The first kappa shape index (κ1) is 11.6. The van der Waals surface area contributed by atoms with Crippen molar-refractivity contribution in [3.05, 3.63) is 12.2 Å². The Morgan fingerprint density at radius 3 is 3.13 bits per heavy atom. The summed E-state index contributed by atoms with van der Waals surface area (Å²) < 4.78 is 6.25. The minimum absolute atomic E-state index is 0.125. The second kappa shape index (κ2) is 6.10. The summed E-state index contributed by atoms with van der Waals surface area (Å²) in [5, 5.41) is 6.66. The maximum Gasteiger partial charge on any atom is 0.241 e. The van der Waals surface area contributed by atoms with E-state index in [1.54, 1.807) is 7.11 Å². The Labute approximate surface area is 87.6 Å². The Balaban J connectivity index is 2.31. The topological polar surface area (TPSA) is 95.1 Å². The molecule has 0 fully saturated rings. The molecule has 1 amide bonds. The third-order valence-corrected chi connectivity index (χ3v) is 1.70. The lowest BCUT2D eigenvalue weighted by molar-refractivity contribution is -0.122. The van der Waals surface area contributed by atoms with Crippen LogP contribution in [0.3, 0.4) is 0 Å². The van der Waals surface area contributed by atoms with E-state index in [9.17, 15) is 4.79 Å². The zero-order valence-corrected chi connectivity index (χ0v) is 8.64. The zero-order valence-electron chi connectivity index (χ0n) is 8.64. The van der Waals surface area contributed by atoms with Crippen LogP contribution in [0, 0.1) is 0 Å². The number of nitrogens with two attached hydrogens (primary N) is 1. The number of hydrogen-bond donors (Lipinski definition) is 2. The average molecular weight is 213 g/mol. The lowest BCUT2D eigenvalue weighted by atomic mass is 10.5. The van der Waals surface area contributed by atoms with Gasteiger partial charge >= 0.3 is 0 Å². The summed E-state index contributed by atoms with van der Waals surface area (Å²) in [5.41, 5.74) is 5.34. The van der Waals surface area contributed by atoms with Gasteiger partial charge in [0.2, 0.25) is 5.91 Å². The first-order valence-corrected chi connectivity index (χ1v) is 4.60. The molecule has 0 saturated heterocycles. The van der Waals surface area contributed by atoms with Crippen molar-refractivity contribution in [1.29, 1.82) is 0 Å². The second-order valence-electron chi connectivity index (χ2n) is 2.91. The van der Waals surface area contributed by atoms with E-state index in [1.165, 1.54) is 11.0 Å². The molecule has 7 heteroatoms. The highest BCUT2D eigenvalue weighted by molar-refractivity contribution is 5.75. The number of carbonyl (C=O) groups excluding carboxylic acids is 1. The van der Waals surface area contributed by atoms with Crippen molar-refractivity contribution in [1.82, 2.24) is 20.1 Å². The molecule has 1 aromatic heterocycles. The van der Waals surface area contributed by atoms with Gasteiger partial charge in [0.05, 0.1) is 13.2 Å². The number of aromatic nitrogens is 3. The fraction of sp³-hybridized carbons (Fsp3) is 0.625. The monoisotopic (exact) mass is 213 g/mol. The molecule has 84 valence electrons. The van der Waals surface area contributed by atoms with Gasteiger partial charge in [0, 0.05) is 13.7 Å². The van der Waals surface area contributed by atoms with E-state index in [0.29, 0.717) is 19.0 Å². The number of rotatable bonds is 6. The summed E-state index contributed by atoms with van der Waals surface area (Å²) >= 11 is 0. The maximum atomic E-state index is 11.3. The summed E-state index contributed by atoms with van der Waals surface area (Å²) in [6, 6.07) is 0. The Morgan fingerprint density at radius 1 is 1.73 bits per heavy atom. The number of ether oxygens (including phenoxy) is 1. The van der Waals surface area contributed by atoms with Crippen molar-refractivity contribution in [2.75, 3.05) is 20.3 Å². The molecule has 0 aliphatic heterocycles. The predicted octanol–water partition coefficient (Wildman–Crippen LogP) is -1.50. The van der Waals surface area contributed by atoms with Crippen molar-refractivity contribution >= 4 is 5.91 Å². The molecule has 0 saturated carbocycles. The Kier molecular flexibility index (Phi) is 4.72. The SMILES string of the molecule is COCCNC(=O)Cn1cnc(CN)n1. The normalized spacial score (nSPS) is 10.3.